The second kappa shape index (κ2) is 25.4. The van der Waals surface area contributed by atoms with E-state index in [1.807, 2.05) is 66.7 Å². The molecular formula is C65H81ClFN5O2PPd. The molecule has 5 aromatic carbocycles. The summed E-state index contributed by atoms with van der Waals surface area (Å²) in [7, 11) is 8.69. The first kappa shape index (κ1) is 57.4. The number of fused-ring (bicyclic) bond motifs is 1. The molecule has 2 aromatic heterocycles. The van der Waals surface area contributed by atoms with Crippen molar-refractivity contribution in [3.63, 3.8) is 0 Å². The number of benzene rings is 5. The number of rotatable bonds is 16. The van der Waals surface area contributed by atoms with E-state index in [-0.39, 0.29) is 13.7 Å². The van der Waals surface area contributed by atoms with Crippen molar-refractivity contribution in [2.24, 2.45) is 0 Å². The first-order valence-corrected chi connectivity index (χ1v) is 32.9. The Labute approximate surface area is 464 Å². The standard InChI is InChI=1S/C33H49P.C20H22FN4O2.C12H10N.ClH.Pd/c1-23(2)27-21-31(24(3)4)33(32(22-27)25(5)6)26-14-13-19-30(20-26)34(28-15-9-7-10-16-28)29-17-11-8-12-18-29;1-19(2,21)18-22-9-8-16(25-18)24-17-10-12-13(11-23-17)15(27-5)7-6-14(12)20(3,4)26;13-12-9-5-4-8-11(12)10-6-2-1-3-7-10;;/h13-14,19-25,28-29H,7-12,15-18H2,1-6H3;6-11,26H,3H2,1-2,4-5H3,(H,22,23,24,25);1-6,8-9H,13H2;1H;/q;;;;+1/p-1. The first-order chi connectivity index (χ1) is 36.3. The summed E-state index contributed by atoms with van der Waals surface area (Å²) in [4.78, 5) is 13.2. The third-order valence-electron chi connectivity index (χ3n) is 15.2. The molecule has 2 fully saturated rings. The van der Waals surface area contributed by atoms with Gasteiger partial charge in [-0.25, -0.2) is 0 Å². The zero-order chi connectivity index (χ0) is 54.3. The van der Waals surface area contributed by atoms with Gasteiger partial charge in [-0.2, -0.15) is 0 Å². The van der Waals surface area contributed by atoms with E-state index in [2.05, 4.69) is 98.2 Å². The average Bonchev–Trinajstić information content (AvgIpc) is 3.41. The molecule has 0 radical (unpaired) electrons. The zero-order valence-electron chi connectivity index (χ0n) is 46.5. The summed E-state index contributed by atoms with van der Waals surface area (Å²) in [5, 5.41) is 18.3. The summed E-state index contributed by atoms with van der Waals surface area (Å²) >= 11 is -1.95. The van der Waals surface area contributed by atoms with Crippen LogP contribution >= 0.6 is 17.5 Å². The fourth-order valence-electron chi connectivity index (χ4n) is 11.2. The van der Waals surface area contributed by atoms with Crippen LogP contribution in [0.3, 0.4) is 0 Å². The van der Waals surface area contributed by atoms with E-state index in [4.69, 9.17) is 20.0 Å². The van der Waals surface area contributed by atoms with Gasteiger partial charge in [0.05, 0.1) is 0 Å². The number of anilines is 3. The van der Waals surface area contributed by atoms with E-state index in [9.17, 15) is 9.50 Å². The van der Waals surface area contributed by atoms with Gasteiger partial charge in [-0.15, -0.1) is 0 Å². The van der Waals surface area contributed by atoms with Gasteiger partial charge in [0.15, 0.2) is 0 Å². The maximum absolute atomic E-state index is 14.5. The molecule has 2 aliphatic rings. The number of nitrogens with two attached hydrogens (primary N) is 1. The third-order valence-corrected chi connectivity index (χ3v) is 23.1. The molecule has 2 heterocycles. The molecule has 407 valence electrons. The van der Waals surface area contributed by atoms with Crippen molar-refractivity contribution in [2.75, 3.05) is 18.2 Å². The number of aromatic nitrogens is 3. The maximum atomic E-state index is 14.5. The van der Waals surface area contributed by atoms with Crippen LogP contribution in [-0.4, -0.2) is 38.5 Å². The van der Waals surface area contributed by atoms with Crippen molar-refractivity contribution < 1.29 is 30.0 Å². The minimum absolute atomic E-state index is 0.0634. The number of alkyl halides is 1. The summed E-state index contributed by atoms with van der Waals surface area (Å²) in [6, 6.07) is 37.8. The van der Waals surface area contributed by atoms with Crippen LogP contribution in [0.1, 0.15) is 172 Å². The number of pyridine rings is 1. The van der Waals surface area contributed by atoms with Crippen molar-refractivity contribution in [3.8, 4) is 28.0 Å². The second-order valence-corrected chi connectivity index (χ2v) is 29.7. The summed E-state index contributed by atoms with van der Waals surface area (Å²) in [5.41, 5.74) is 16.1. The van der Waals surface area contributed by atoms with Crippen molar-refractivity contribution in [2.45, 2.75) is 172 Å². The topological polar surface area (TPSA) is 106 Å². The monoisotopic (exact) mass is 1150 g/mol. The van der Waals surface area contributed by atoms with Crippen molar-refractivity contribution >= 4 is 54.9 Å². The van der Waals surface area contributed by atoms with Crippen molar-refractivity contribution in [3.05, 3.63) is 150 Å². The Kier molecular flexibility index (Phi) is 19.2. The van der Waals surface area contributed by atoms with Crippen LogP contribution in [0.5, 0.6) is 5.75 Å². The SMILES string of the molecule is CC(C)c1cc(C(C)C)c(-c2cccc(P(C3CCCCC3)C3CCCCC3)c2)c(C(C)C)c1.COc1ccc(C(C)(O)[CH2][Pd]([Cl])[c]2ccccc2-c2ccccc2N)c2cc(Nc3ccnc(C(C)(C)F)n3)ncc12. The number of nitrogen functional groups attached to an aromatic ring is 1. The van der Waals surface area contributed by atoms with E-state index in [0.29, 0.717) is 51.3 Å². The Morgan fingerprint density at radius 3 is 1.93 bits per heavy atom. The van der Waals surface area contributed by atoms with Gasteiger partial charge in [-0.3, -0.25) is 0 Å². The second-order valence-electron chi connectivity index (χ2n) is 22.5. The molecule has 2 aliphatic carbocycles. The molecule has 76 heavy (non-hydrogen) atoms. The average molecular weight is 1160 g/mol. The predicted molar refractivity (Wildman–Crippen MR) is 318 cm³/mol. The summed E-state index contributed by atoms with van der Waals surface area (Å²) in [5.74, 6) is 3.19. The van der Waals surface area contributed by atoms with Crippen molar-refractivity contribution in [1.82, 2.24) is 15.0 Å². The third kappa shape index (κ3) is 13.6. The number of aliphatic hydroxyl groups is 1. The Hall–Kier alpha value is -4.74. The number of nitrogens with zero attached hydrogens (tertiary/aromatic N) is 3. The van der Waals surface area contributed by atoms with E-state index >= 15 is 0 Å². The number of hydrogen-bond donors (Lipinski definition) is 3. The zero-order valence-corrected chi connectivity index (χ0v) is 49.7. The van der Waals surface area contributed by atoms with Crippen LogP contribution in [0, 0.1) is 0 Å². The van der Waals surface area contributed by atoms with Gasteiger partial charge in [-0.1, -0.05) is 118 Å². The van der Waals surface area contributed by atoms with Gasteiger partial charge in [0, 0.05) is 0 Å². The predicted octanol–water partition coefficient (Wildman–Crippen LogP) is 17.5. The number of para-hydroxylation sites is 1. The number of hydrogen-bond acceptors (Lipinski definition) is 7. The van der Waals surface area contributed by atoms with Crippen molar-refractivity contribution in [1.29, 1.82) is 0 Å². The van der Waals surface area contributed by atoms with Crippen LogP contribution in [0.4, 0.5) is 21.7 Å². The van der Waals surface area contributed by atoms with Gasteiger partial charge in [0.2, 0.25) is 0 Å². The molecule has 1 unspecified atom stereocenters. The normalized spacial score (nSPS) is 15.7. The van der Waals surface area contributed by atoms with Gasteiger partial charge < -0.3 is 0 Å². The van der Waals surface area contributed by atoms with E-state index in [0.717, 1.165) is 37.3 Å². The number of halogens is 2. The van der Waals surface area contributed by atoms with Crippen LogP contribution in [0.25, 0.3) is 33.0 Å². The molecule has 0 aliphatic heterocycles. The summed E-state index contributed by atoms with van der Waals surface area (Å²) < 4.78 is 21.0. The van der Waals surface area contributed by atoms with Crippen LogP contribution < -0.4 is 25.1 Å². The molecule has 4 N–H and O–H groups in total. The molecule has 1 atom stereocenters. The fourth-order valence-corrected chi connectivity index (χ4v) is 19.4. The van der Waals surface area contributed by atoms with Gasteiger partial charge in [0.1, 0.15) is 0 Å². The molecular weight excluding hydrogens is 1070 g/mol. The molecule has 9 rings (SSSR count). The molecule has 2 saturated carbocycles. The Balaban J connectivity index is 0.000000206. The number of methoxy groups -OCH3 is 1. The molecule has 0 bridgehead atoms. The minimum atomic E-state index is -1.95. The van der Waals surface area contributed by atoms with Gasteiger partial charge >= 0.3 is 255 Å². The van der Waals surface area contributed by atoms with Crippen LogP contribution in [-0.2, 0) is 27.0 Å². The quantitative estimate of drug-likeness (QED) is 0.0503. The molecule has 7 aromatic rings. The van der Waals surface area contributed by atoms with Crippen LogP contribution in [0.15, 0.2) is 122 Å². The first-order valence-electron chi connectivity index (χ1n) is 27.6. The van der Waals surface area contributed by atoms with Gasteiger partial charge in [-0.05, 0) is 93.9 Å². The molecule has 7 nitrogen and oxygen atoms in total. The van der Waals surface area contributed by atoms with E-state index in [1.54, 1.807) is 48.3 Å². The van der Waals surface area contributed by atoms with Gasteiger partial charge in [0.25, 0.3) is 0 Å². The molecule has 0 spiro atoms. The van der Waals surface area contributed by atoms with Crippen LogP contribution in [0.2, 0.25) is 4.89 Å². The summed E-state index contributed by atoms with van der Waals surface area (Å²) in [6.07, 6.45) is 17.8. The number of nitrogens with one attached hydrogen (secondary N) is 1. The molecule has 0 amide bonds. The Morgan fingerprint density at radius 1 is 0.724 bits per heavy atom. The van der Waals surface area contributed by atoms with E-state index < -0.39 is 27.0 Å². The Bertz CT molecular complexity index is 3030. The molecule has 0 saturated heterocycles. The van der Waals surface area contributed by atoms with E-state index in [1.165, 1.54) is 95.4 Å². The number of ether oxygens (including phenoxy) is 1. The fraction of sp³-hybridized carbons (Fsp3) is 0.431. The Morgan fingerprint density at radius 2 is 1.34 bits per heavy atom. The summed E-state index contributed by atoms with van der Waals surface area (Å²) in [6.45, 7) is 18.8. The molecule has 11 heteroatoms.